The molecule has 6 aromatic rings. The number of carbonyl (C=O) groups excluding carboxylic acids is 16. The third-order valence-electron chi connectivity index (χ3n) is 20.3. The van der Waals surface area contributed by atoms with Crippen molar-refractivity contribution in [3.05, 3.63) is 156 Å². The van der Waals surface area contributed by atoms with Crippen molar-refractivity contribution in [3.63, 3.8) is 0 Å². The van der Waals surface area contributed by atoms with Gasteiger partial charge in [0.2, 0.25) is 94.5 Å². The highest BCUT2D eigenvalue weighted by Gasteiger charge is 2.39. The molecular formula is C85H112N20O23S. The van der Waals surface area contributed by atoms with Crippen LogP contribution in [0.1, 0.15) is 107 Å². The maximum absolute atomic E-state index is 15.3. The fourth-order valence-electron chi connectivity index (χ4n) is 13.3. The first-order valence-electron chi connectivity index (χ1n) is 41.5. The van der Waals surface area contributed by atoms with Crippen LogP contribution >= 0.6 is 11.8 Å². The normalized spacial score (nSPS) is 22.6. The van der Waals surface area contributed by atoms with E-state index in [1.165, 1.54) is 122 Å². The molecular weight excluding hydrogens is 1700 g/mol. The largest absolute Gasteiger partial charge is 0.508 e. The van der Waals surface area contributed by atoms with E-state index >= 15 is 14.4 Å². The van der Waals surface area contributed by atoms with E-state index < -0.39 is 255 Å². The van der Waals surface area contributed by atoms with Gasteiger partial charge in [0.15, 0.2) is 0 Å². The number of benzene rings is 4. The number of aliphatic hydroxyl groups is 1. The van der Waals surface area contributed by atoms with Crippen molar-refractivity contribution < 1.29 is 112 Å². The standard InChI is InChI=1S/C85H112N20O23S/c1-7-46(6)73-85(128)103-59(27-45(4)5)78(121)98-60(28-47-8-16-53(107)17-9-47)75(118)91-37-69(112)94-57(24-25-72(115)116)77(120)97-58(26-44(2)3)74(117)90-38-70(113)96-67(76(119)89-36-68(86)111)40-129-41-71(114)95-61(29-48-10-18-54(108)19-11-48)79(122)101-65(33-52-35-88-43-93-52)83(126)102-64(32-51-34-87-42-92-51)82(125)100-62(30-49-12-20-55(109)21-13-49)80(123)99-63(31-50-14-22-56(110)23-15-50)81(124)104-66(39-106)84(127)105-73/h8-23,34-35,42-46,57-67,73,106-110H,7,24-33,36-41H2,1-6H3,(H2,86,111)(H,87,92)(H,88,93)(H,89,119)(H,90,117)(H,91,118)(H,94,112)(H,95,114)(H,96,113)(H,97,120)(H,98,121)(H,99,123)(H,100,125)(H,101,122)(H,102,126)(H,103,128)(H,104,124)(H,105,127)(H,115,116)/t46-,57-,58-,59-,60-,61-,62-,63-,64-,65-,66-,67-,73-/m0/s1. The Kier molecular flexibility index (Phi) is 40.1. The van der Waals surface area contributed by atoms with Crippen LogP contribution in [0.15, 0.2) is 122 Å². The zero-order valence-electron chi connectivity index (χ0n) is 71.7. The summed E-state index contributed by atoms with van der Waals surface area (Å²) < 4.78 is 0. The zero-order chi connectivity index (χ0) is 94.6. The second-order valence-corrected chi connectivity index (χ2v) is 32.8. The Morgan fingerprint density at radius 1 is 0.426 bits per heavy atom. The molecule has 0 saturated carbocycles. The molecule has 3 heterocycles. The van der Waals surface area contributed by atoms with Crippen LogP contribution in [-0.2, 0) is 120 Å². The highest BCUT2D eigenvalue weighted by molar-refractivity contribution is 8.00. The van der Waals surface area contributed by atoms with E-state index in [2.05, 4.69) is 99.7 Å². The molecule has 2 aromatic heterocycles. The van der Waals surface area contributed by atoms with Crippen LogP contribution in [-0.4, -0.2) is 261 Å². The molecule has 0 aliphatic carbocycles. The van der Waals surface area contributed by atoms with Gasteiger partial charge >= 0.3 is 5.97 Å². The molecule has 25 N–H and O–H groups in total. The van der Waals surface area contributed by atoms with Gasteiger partial charge in [0.1, 0.15) is 95.5 Å². The molecule has 0 radical (unpaired) electrons. The second kappa shape index (κ2) is 50.8. The third kappa shape index (κ3) is 34.9. The van der Waals surface area contributed by atoms with Crippen molar-refractivity contribution in [1.29, 1.82) is 0 Å². The van der Waals surface area contributed by atoms with Gasteiger partial charge in [-0.25, -0.2) is 9.97 Å². The summed E-state index contributed by atoms with van der Waals surface area (Å²) >= 11 is 0.726. The number of nitrogens with one attached hydrogen (secondary N) is 17. The monoisotopic (exact) mass is 1810 g/mol. The highest BCUT2D eigenvalue weighted by Crippen LogP contribution is 2.20. The maximum Gasteiger partial charge on any atom is 0.303 e. The minimum atomic E-state index is -1.91. The van der Waals surface area contributed by atoms with E-state index in [-0.39, 0.29) is 78.3 Å². The summed E-state index contributed by atoms with van der Waals surface area (Å²) in [7, 11) is 0. The van der Waals surface area contributed by atoms with E-state index in [0.29, 0.717) is 22.3 Å². The minimum Gasteiger partial charge on any atom is -0.508 e. The van der Waals surface area contributed by atoms with Crippen LogP contribution in [0, 0.1) is 17.8 Å². The average Bonchev–Trinajstić information content (AvgIpc) is 1.69. The number of hydrogen-bond acceptors (Lipinski definition) is 25. The number of thioether (sulfide) groups is 1. The lowest BCUT2D eigenvalue weighted by Gasteiger charge is -2.30. The number of H-pyrrole nitrogens is 2. The number of carboxylic acids is 1. The molecule has 1 saturated heterocycles. The molecule has 1 aliphatic heterocycles. The Balaban J connectivity index is 1.28. The molecule has 13 atom stereocenters. The number of amides is 16. The Hall–Kier alpha value is -14.2. The molecule has 43 nitrogen and oxygen atoms in total. The number of nitrogens with two attached hydrogens (primary N) is 1. The van der Waals surface area contributed by atoms with Gasteiger partial charge in [-0.3, -0.25) is 81.5 Å². The smallest absolute Gasteiger partial charge is 0.303 e. The van der Waals surface area contributed by atoms with Crippen molar-refractivity contribution in [2.45, 2.75) is 185 Å². The van der Waals surface area contributed by atoms with Gasteiger partial charge in [-0.2, -0.15) is 0 Å². The van der Waals surface area contributed by atoms with Crippen molar-refractivity contribution >= 4 is 112 Å². The average molecular weight is 1810 g/mol. The molecule has 44 heteroatoms. The number of carboxylic acid groups (broad SMARTS) is 1. The quantitative estimate of drug-likeness (QED) is 0.0261. The number of phenols is 4. The van der Waals surface area contributed by atoms with Crippen molar-refractivity contribution in [2.24, 2.45) is 23.5 Å². The molecule has 4 aromatic carbocycles. The molecule has 7 rings (SSSR count). The Morgan fingerprint density at radius 2 is 0.760 bits per heavy atom. The maximum atomic E-state index is 15.3. The number of nitrogens with zero attached hydrogens (tertiary/aromatic N) is 2. The summed E-state index contributed by atoms with van der Waals surface area (Å²) in [6, 6.07) is 1.90. The number of primary amides is 1. The summed E-state index contributed by atoms with van der Waals surface area (Å²) in [5.41, 5.74) is 7.01. The fraction of sp³-hybridized carbons (Fsp3) is 0.447. The number of carbonyl (C=O) groups is 17. The Morgan fingerprint density at radius 3 is 1.14 bits per heavy atom. The second-order valence-electron chi connectivity index (χ2n) is 31.7. The summed E-state index contributed by atoms with van der Waals surface area (Å²) in [6.07, 6.45) is 1.70. The van der Waals surface area contributed by atoms with Crippen LogP contribution < -0.4 is 85.5 Å². The van der Waals surface area contributed by atoms with E-state index in [0.717, 1.165) is 11.8 Å². The topological polar surface area (TPSA) is 675 Å². The van der Waals surface area contributed by atoms with Crippen molar-refractivity contribution in [2.75, 3.05) is 37.7 Å². The first kappa shape index (κ1) is 102. The number of hydrogen-bond donors (Lipinski definition) is 24. The zero-order valence-corrected chi connectivity index (χ0v) is 72.5. The predicted octanol–water partition coefficient (Wildman–Crippen LogP) is -3.90. The van der Waals surface area contributed by atoms with Crippen LogP contribution in [0.2, 0.25) is 0 Å². The third-order valence-corrected chi connectivity index (χ3v) is 21.3. The number of aromatic nitrogens is 4. The van der Waals surface area contributed by atoms with E-state index in [4.69, 9.17) is 5.73 Å². The van der Waals surface area contributed by atoms with E-state index in [9.17, 15) is 97.8 Å². The summed E-state index contributed by atoms with van der Waals surface area (Å²) in [5, 5.41) is 99.5. The lowest BCUT2D eigenvalue weighted by Crippen LogP contribution is -2.62. The minimum absolute atomic E-state index is 0.113. The molecule has 129 heavy (non-hydrogen) atoms. The Bertz CT molecular complexity index is 4830. The van der Waals surface area contributed by atoms with Gasteiger partial charge in [-0.1, -0.05) is 96.5 Å². The predicted molar refractivity (Wildman–Crippen MR) is 463 cm³/mol. The van der Waals surface area contributed by atoms with Gasteiger partial charge in [-0.15, -0.1) is 11.8 Å². The number of aromatic amines is 2. The van der Waals surface area contributed by atoms with Crippen LogP contribution in [0.5, 0.6) is 23.0 Å². The molecule has 0 bridgehead atoms. The lowest BCUT2D eigenvalue weighted by atomic mass is 9.96. The van der Waals surface area contributed by atoms with Crippen molar-refractivity contribution in [1.82, 2.24) is 99.7 Å². The van der Waals surface area contributed by atoms with Gasteiger partial charge in [-0.05, 0) is 108 Å². The van der Waals surface area contributed by atoms with Crippen LogP contribution in [0.25, 0.3) is 0 Å². The molecule has 0 spiro atoms. The molecule has 1 fully saturated rings. The summed E-state index contributed by atoms with van der Waals surface area (Å²) in [6.45, 7) is 6.30. The lowest BCUT2D eigenvalue weighted by molar-refractivity contribution is -0.138. The van der Waals surface area contributed by atoms with E-state index in [1.54, 1.807) is 41.5 Å². The first-order valence-corrected chi connectivity index (χ1v) is 42.7. The van der Waals surface area contributed by atoms with Gasteiger partial charge in [0, 0.05) is 63.1 Å². The number of aliphatic hydroxyl groups excluding tert-OH is 1. The SMILES string of the molecule is CC[C@H](C)[C@@H]1NC(=O)[C@H](CO)NC(=O)[C@H](Cc2ccc(O)cc2)NC(=O)[C@H](Cc2ccc(O)cc2)NC(=O)[C@H](Cc2c[nH]cn2)NC(=O)[C@H](Cc2c[nH]cn2)NC(=O)[C@H](Cc2ccc(O)cc2)NC(=O)CSC[C@@H](C(=O)NCC(N)=O)NC(=O)CNC(=O)[C@H](CC(C)C)NC(=O)[C@H](CCC(=O)O)NC(=O)CNC(=O)[C@H](Cc2ccc(O)cc2)NC(=O)[C@H](CC(C)C)NC1=O. The van der Waals surface area contributed by atoms with Crippen LogP contribution in [0.3, 0.4) is 0 Å². The number of imidazole rings is 2. The number of rotatable bonds is 25. The molecule has 1 aliphatic rings. The molecule has 696 valence electrons. The Labute approximate surface area is 745 Å². The van der Waals surface area contributed by atoms with E-state index in [1.807, 2.05) is 0 Å². The highest BCUT2D eigenvalue weighted by atomic mass is 32.2. The number of aromatic hydroxyl groups is 4. The molecule has 0 unspecified atom stereocenters. The number of phenolic OH excluding ortho intramolecular Hbond substituents is 4. The fourth-order valence-corrected chi connectivity index (χ4v) is 14.1. The van der Waals surface area contributed by atoms with Gasteiger partial charge < -0.3 is 126 Å². The molecule has 16 amide bonds. The van der Waals surface area contributed by atoms with Gasteiger partial charge in [0.25, 0.3) is 0 Å². The summed E-state index contributed by atoms with van der Waals surface area (Å²) in [4.78, 5) is 256. The van der Waals surface area contributed by atoms with Gasteiger partial charge in [0.05, 0.1) is 56.0 Å². The summed E-state index contributed by atoms with van der Waals surface area (Å²) in [5.74, 6) is -21.2. The number of aliphatic carboxylic acids is 1. The van der Waals surface area contributed by atoms with Crippen LogP contribution in [0.4, 0.5) is 0 Å². The first-order chi connectivity index (χ1) is 61.3. The van der Waals surface area contributed by atoms with Crippen molar-refractivity contribution in [3.8, 4) is 23.0 Å².